The van der Waals surface area contributed by atoms with Gasteiger partial charge < -0.3 is 14.2 Å². The summed E-state index contributed by atoms with van der Waals surface area (Å²) in [7, 11) is 5.21. The lowest BCUT2D eigenvalue weighted by Crippen LogP contribution is -2.23. The van der Waals surface area contributed by atoms with Gasteiger partial charge in [0.1, 0.15) is 5.60 Å². The van der Waals surface area contributed by atoms with Gasteiger partial charge in [0.05, 0.1) is 6.54 Å². The fraction of sp³-hybridized carbons (Fsp3) is 0.500. The molecule has 24 heavy (non-hydrogen) atoms. The molecule has 0 atom stereocenters. The normalized spacial score (nSPS) is 12.0. The van der Waals surface area contributed by atoms with Gasteiger partial charge in [-0.2, -0.15) is 4.37 Å². The number of fused-ring (bicyclic) bond motifs is 1. The Morgan fingerprint density at radius 2 is 2.08 bits per heavy atom. The molecule has 0 N–H and O–H groups in total. The lowest BCUT2D eigenvalue weighted by Gasteiger charge is -2.19. The lowest BCUT2D eigenvalue weighted by molar-refractivity contribution is 0.0125. The maximum Gasteiger partial charge on any atom is 0.295 e. The van der Waals surface area contributed by atoms with Gasteiger partial charge in [0, 0.05) is 45.1 Å². The number of hydrogen-bond acceptors (Lipinski definition) is 8. The minimum Gasteiger partial charge on any atom is -0.371 e. The zero-order valence-electron chi connectivity index (χ0n) is 14.2. The number of aryl methyl sites for hydroxylation is 1. The van der Waals surface area contributed by atoms with Crippen LogP contribution in [0.25, 0.3) is 5.65 Å². The molecule has 0 bridgehead atoms. The molecule has 10 heteroatoms. The van der Waals surface area contributed by atoms with Crippen molar-refractivity contribution < 1.29 is 4.74 Å². The second kappa shape index (κ2) is 5.95. The first kappa shape index (κ1) is 16.5. The van der Waals surface area contributed by atoms with E-state index in [1.165, 1.54) is 16.1 Å². The molecule has 0 saturated heterocycles. The van der Waals surface area contributed by atoms with E-state index in [-0.39, 0.29) is 5.56 Å². The van der Waals surface area contributed by atoms with Gasteiger partial charge in [-0.25, -0.2) is 4.98 Å². The molecule has 0 amide bonds. The van der Waals surface area contributed by atoms with E-state index in [1.54, 1.807) is 31.0 Å². The topological polar surface area (TPSA) is 90.4 Å². The number of aromatic nitrogens is 6. The molecule has 0 spiro atoms. The van der Waals surface area contributed by atoms with E-state index in [1.807, 2.05) is 25.8 Å². The van der Waals surface area contributed by atoms with Crippen molar-refractivity contribution in [1.29, 1.82) is 0 Å². The zero-order valence-corrected chi connectivity index (χ0v) is 15.0. The van der Waals surface area contributed by atoms with Crippen LogP contribution in [0.15, 0.2) is 17.2 Å². The fourth-order valence-corrected chi connectivity index (χ4v) is 2.87. The van der Waals surface area contributed by atoms with Crippen LogP contribution < -0.4 is 10.5 Å². The molecule has 0 radical (unpaired) electrons. The van der Waals surface area contributed by atoms with Crippen molar-refractivity contribution in [3.63, 3.8) is 0 Å². The molecule has 0 unspecified atom stereocenters. The lowest BCUT2D eigenvalue weighted by atomic mass is 10.1. The first-order valence-electron chi connectivity index (χ1n) is 7.33. The number of anilines is 1. The predicted octanol–water partition coefficient (Wildman–Crippen LogP) is 0.797. The van der Waals surface area contributed by atoms with Crippen molar-refractivity contribution in [2.45, 2.75) is 26.0 Å². The molecular weight excluding hydrogens is 330 g/mol. The summed E-state index contributed by atoms with van der Waals surface area (Å²) in [5, 5.41) is 8.85. The summed E-state index contributed by atoms with van der Waals surface area (Å²) in [6.07, 6.45) is 3.46. The maximum atomic E-state index is 12.0. The van der Waals surface area contributed by atoms with E-state index in [0.717, 1.165) is 5.13 Å². The van der Waals surface area contributed by atoms with Crippen molar-refractivity contribution in [2.75, 3.05) is 19.1 Å². The van der Waals surface area contributed by atoms with Gasteiger partial charge in [-0.3, -0.25) is 9.20 Å². The van der Waals surface area contributed by atoms with Crippen molar-refractivity contribution in [3.05, 3.63) is 34.4 Å². The van der Waals surface area contributed by atoms with Gasteiger partial charge in [-0.1, -0.05) is 0 Å². The van der Waals surface area contributed by atoms with Gasteiger partial charge in [0.25, 0.3) is 5.56 Å². The standard InChI is InChI=1S/C14H19N7O2S/c1-14(2,23-5)12-15-13(24-18-12)20(4)8-9-16-17-10-11(22)19(3)6-7-21(9)10/h6-7H,8H2,1-5H3. The van der Waals surface area contributed by atoms with E-state index < -0.39 is 5.60 Å². The van der Waals surface area contributed by atoms with Gasteiger partial charge in [-0.15, -0.1) is 10.2 Å². The summed E-state index contributed by atoms with van der Waals surface area (Å²) in [6.45, 7) is 4.29. The average Bonchev–Trinajstić information content (AvgIpc) is 3.19. The maximum absolute atomic E-state index is 12.0. The second-order valence-corrected chi connectivity index (χ2v) is 6.73. The van der Waals surface area contributed by atoms with E-state index in [2.05, 4.69) is 19.6 Å². The fourth-order valence-electron chi connectivity index (χ4n) is 2.11. The Bertz CT molecular complexity index is 927. The molecule has 0 fully saturated rings. The molecule has 3 aromatic heterocycles. The van der Waals surface area contributed by atoms with Crippen molar-refractivity contribution in [3.8, 4) is 0 Å². The van der Waals surface area contributed by atoms with Crippen molar-refractivity contribution in [1.82, 2.24) is 28.5 Å². The highest BCUT2D eigenvalue weighted by Crippen LogP contribution is 2.26. The summed E-state index contributed by atoms with van der Waals surface area (Å²) in [4.78, 5) is 18.5. The molecular formula is C14H19N7O2S. The van der Waals surface area contributed by atoms with Crippen LogP contribution in [0.4, 0.5) is 5.13 Å². The summed E-state index contributed by atoms with van der Waals surface area (Å²) in [6, 6.07) is 0. The van der Waals surface area contributed by atoms with Crippen LogP contribution in [-0.4, -0.2) is 42.7 Å². The summed E-state index contributed by atoms with van der Waals surface area (Å²) < 4.78 is 12.9. The molecule has 3 heterocycles. The number of hydrogen-bond donors (Lipinski definition) is 0. The predicted molar refractivity (Wildman–Crippen MR) is 90.3 cm³/mol. The van der Waals surface area contributed by atoms with E-state index >= 15 is 0 Å². The summed E-state index contributed by atoms with van der Waals surface area (Å²) >= 11 is 1.29. The highest BCUT2D eigenvalue weighted by atomic mass is 32.1. The molecule has 0 aliphatic carbocycles. The van der Waals surface area contributed by atoms with Crippen LogP contribution in [0.5, 0.6) is 0 Å². The van der Waals surface area contributed by atoms with E-state index in [9.17, 15) is 4.79 Å². The molecule has 0 aliphatic heterocycles. The second-order valence-electron chi connectivity index (χ2n) is 6.00. The SMILES string of the molecule is COC(C)(C)c1nsc(N(C)Cc2nnc3c(=O)n(C)ccn23)n1. The Kier molecular flexibility index (Phi) is 4.10. The zero-order chi connectivity index (χ0) is 17.5. The van der Waals surface area contributed by atoms with Gasteiger partial charge in [0.15, 0.2) is 11.6 Å². The van der Waals surface area contributed by atoms with Crippen LogP contribution in [-0.2, 0) is 23.9 Å². The molecule has 3 aromatic rings. The first-order chi connectivity index (χ1) is 11.3. The van der Waals surface area contributed by atoms with Crippen molar-refractivity contribution >= 4 is 22.3 Å². The quantitative estimate of drug-likeness (QED) is 0.673. The Labute approximate surface area is 142 Å². The third-order valence-electron chi connectivity index (χ3n) is 3.89. The molecule has 0 aromatic carbocycles. The Morgan fingerprint density at radius 1 is 1.33 bits per heavy atom. The first-order valence-corrected chi connectivity index (χ1v) is 8.10. The average molecular weight is 349 g/mol. The minimum atomic E-state index is -0.538. The summed E-state index contributed by atoms with van der Waals surface area (Å²) in [5.41, 5.74) is -0.413. The van der Waals surface area contributed by atoms with Gasteiger partial charge >= 0.3 is 0 Å². The molecule has 9 nitrogen and oxygen atoms in total. The van der Waals surface area contributed by atoms with Crippen LogP contribution in [0.3, 0.4) is 0 Å². The molecule has 3 rings (SSSR count). The Balaban J connectivity index is 1.87. The highest BCUT2D eigenvalue weighted by molar-refractivity contribution is 7.09. The van der Waals surface area contributed by atoms with Crippen LogP contribution >= 0.6 is 11.5 Å². The minimum absolute atomic E-state index is 0.182. The van der Waals surface area contributed by atoms with E-state index in [0.29, 0.717) is 23.8 Å². The van der Waals surface area contributed by atoms with Crippen LogP contribution in [0, 0.1) is 0 Å². The third-order valence-corrected chi connectivity index (χ3v) is 4.72. The number of nitrogens with zero attached hydrogens (tertiary/aromatic N) is 7. The molecule has 0 aliphatic rings. The highest BCUT2D eigenvalue weighted by Gasteiger charge is 2.26. The number of methoxy groups -OCH3 is 1. The van der Waals surface area contributed by atoms with Gasteiger partial charge in [-0.05, 0) is 13.8 Å². The molecule has 128 valence electrons. The smallest absolute Gasteiger partial charge is 0.295 e. The monoisotopic (exact) mass is 349 g/mol. The summed E-state index contributed by atoms with van der Waals surface area (Å²) in [5.74, 6) is 1.30. The van der Waals surface area contributed by atoms with Crippen LogP contribution in [0.2, 0.25) is 0 Å². The molecule has 0 saturated carbocycles. The third kappa shape index (κ3) is 2.78. The van der Waals surface area contributed by atoms with E-state index in [4.69, 9.17) is 4.74 Å². The number of ether oxygens (including phenoxy) is 1. The van der Waals surface area contributed by atoms with Gasteiger partial charge in [0.2, 0.25) is 10.8 Å². The Hall–Kier alpha value is -2.33. The van der Waals surface area contributed by atoms with Crippen molar-refractivity contribution in [2.24, 2.45) is 7.05 Å². The largest absolute Gasteiger partial charge is 0.371 e. The Morgan fingerprint density at radius 3 is 2.79 bits per heavy atom. The van der Waals surface area contributed by atoms with Crippen LogP contribution in [0.1, 0.15) is 25.5 Å². The number of rotatable bonds is 5.